The quantitative estimate of drug-likeness (QED) is 0.812. The first-order valence-electron chi connectivity index (χ1n) is 5.86. The summed E-state index contributed by atoms with van der Waals surface area (Å²) < 4.78 is 10.7. The Labute approximate surface area is 107 Å². The molecule has 0 aliphatic carbocycles. The van der Waals surface area contributed by atoms with Crippen molar-refractivity contribution in [1.29, 1.82) is 0 Å². The minimum Gasteiger partial charge on any atom is -0.497 e. The summed E-state index contributed by atoms with van der Waals surface area (Å²) in [7, 11) is 1.62. The zero-order valence-electron chi connectivity index (χ0n) is 10.9. The van der Waals surface area contributed by atoms with E-state index in [1.165, 1.54) is 0 Å². The Hall–Kier alpha value is -2.10. The molecule has 1 heterocycles. The molecule has 4 heteroatoms. The summed E-state index contributed by atoms with van der Waals surface area (Å²) in [6.45, 7) is 3.96. The molecular formula is C14H18N2O2. The molecule has 1 aromatic heterocycles. The number of ether oxygens (including phenoxy) is 1. The van der Waals surface area contributed by atoms with Crippen LogP contribution in [0.25, 0.3) is 0 Å². The van der Waals surface area contributed by atoms with Crippen molar-refractivity contribution >= 4 is 11.4 Å². The average Bonchev–Trinajstić information content (AvgIpc) is 2.78. The molecule has 1 aromatic carbocycles. The standard InChI is InChI=1S/C14H18N2O2/c1-9-4-7-14(18-9)10(2)16-13-6-5-11(17-3)8-12(13)15/h4-8,10,16H,15H2,1-3H3. The highest BCUT2D eigenvalue weighted by Crippen LogP contribution is 2.28. The Kier molecular flexibility index (Phi) is 3.46. The molecule has 0 aliphatic heterocycles. The van der Waals surface area contributed by atoms with Crippen LogP contribution in [-0.2, 0) is 0 Å². The van der Waals surface area contributed by atoms with Gasteiger partial charge in [-0.3, -0.25) is 0 Å². The Balaban J connectivity index is 2.14. The molecule has 96 valence electrons. The van der Waals surface area contributed by atoms with E-state index < -0.39 is 0 Å². The maximum absolute atomic E-state index is 5.96. The van der Waals surface area contributed by atoms with E-state index in [1.54, 1.807) is 13.2 Å². The van der Waals surface area contributed by atoms with Crippen LogP contribution in [0.5, 0.6) is 5.75 Å². The lowest BCUT2D eigenvalue weighted by atomic mass is 10.2. The molecule has 3 N–H and O–H groups in total. The van der Waals surface area contributed by atoms with Crippen LogP contribution in [0.1, 0.15) is 24.5 Å². The van der Waals surface area contributed by atoms with Crippen molar-refractivity contribution in [2.45, 2.75) is 19.9 Å². The van der Waals surface area contributed by atoms with Gasteiger partial charge in [-0.1, -0.05) is 0 Å². The topological polar surface area (TPSA) is 60.4 Å². The third kappa shape index (κ3) is 2.59. The lowest BCUT2D eigenvalue weighted by molar-refractivity contribution is 0.415. The monoisotopic (exact) mass is 246 g/mol. The van der Waals surface area contributed by atoms with Crippen molar-refractivity contribution in [2.24, 2.45) is 0 Å². The number of anilines is 2. The van der Waals surface area contributed by atoms with E-state index in [2.05, 4.69) is 5.32 Å². The first-order chi connectivity index (χ1) is 8.60. The Bertz CT molecular complexity index is 534. The van der Waals surface area contributed by atoms with Gasteiger partial charge in [0.15, 0.2) is 0 Å². The first-order valence-corrected chi connectivity index (χ1v) is 5.86. The molecule has 0 bridgehead atoms. The average molecular weight is 246 g/mol. The largest absolute Gasteiger partial charge is 0.497 e. The first kappa shape index (κ1) is 12.4. The molecule has 0 radical (unpaired) electrons. The van der Waals surface area contributed by atoms with E-state index >= 15 is 0 Å². The van der Waals surface area contributed by atoms with Crippen LogP contribution >= 0.6 is 0 Å². The predicted octanol–water partition coefficient (Wildman–Crippen LogP) is 3.35. The second kappa shape index (κ2) is 5.04. The molecule has 0 amide bonds. The van der Waals surface area contributed by atoms with Crippen LogP contribution < -0.4 is 15.8 Å². The fourth-order valence-electron chi connectivity index (χ4n) is 1.79. The minimum atomic E-state index is 0.0643. The minimum absolute atomic E-state index is 0.0643. The Morgan fingerprint density at radius 3 is 2.61 bits per heavy atom. The number of nitrogens with one attached hydrogen (secondary N) is 1. The maximum atomic E-state index is 5.96. The summed E-state index contributed by atoms with van der Waals surface area (Å²) in [5, 5.41) is 3.32. The fourth-order valence-corrected chi connectivity index (χ4v) is 1.79. The number of hydrogen-bond donors (Lipinski definition) is 2. The Morgan fingerprint density at radius 1 is 1.28 bits per heavy atom. The lowest BCUT2D eigenvalue weighted by Crippen LogP contribution is -2.07. The van der Waals surface area contributed by atoms with Gasteiger partial charge in [0.05, 0.1) is 24.5 Å². The van der Waals surface area contributed by atoms with Gasteiger partial charge >= 0.3 is 0 Å². The van der Waals surface area contributed by atoms with Crippen molar-refractivity contribution < 1.29 is 9.15 Å². The number of aryl methyl sites for hydroxylation is 1. The molecule has 4 nitrogen and oxygen atoms in total. The third-order valence-corrected chi connectivity index (χ3v) is 2.82. The Morgan fingerprint density at radius 2 is 2.06 bits per heavy atom. The summed E-state index contributed by atoms with van der Waals surface area (Å²) in [6.07, 6.45) is 0. The van der Waals surface area contributed by atoms with Gasteiger partial charge in [0.2, 0.25) is 0 Å². The summed E-state index contributed by atoms with van der Waals surface area (Å²) in [5.41, 5.74) is 7.48. The lowest BCUT2D eigenvalue weighted by Gasteiger charge is -2.15. The molecule has 1 atom stereocenters. The van der Waals surface area contributed by atoms with E-state index in [1.807, 2.05) is 38.1 Å². The predicted molar refractivity (Wildman–Crippen MR) is 72.9 cm³/mol. The van der Waals surface area contributed by atoms with Crippen molar-refractivity contribution in [3.05, 3.63) is 41.9 Å². The van der Waals surface area contributed by atoms with Gasteiger partial charge in [-0.2, -0.15) is 0 Å². The highest BCUT2D eigenvalue weighted by Gasteiger charge is 2.11. The van der Waals surface area contributed by atoms with Gasteiger partial charge in [0.25, 0.3) is 0 Å². The van der Waals surface area contributed by atoms with Gasteiger partial charge in [0.1, 0.15) is 17.3 Å². The number of nitrogen functional groups attached to an aromatic ring is 1. The smallest absolute Gasteiger partial charge is 0.126 e. The van der Waals surface area contributed by atoms with Crippen LogP contribution in [0.4, 0.5) is 11.4 Å². The molecule has 2 rings (SSSR count). The van der Waals surface area contributed by atoms with Crippen molar-refractivity contribution in [3.63, 3.8) is 0 Å². The zero-order valence-corrected chi connectivity index (χ0v) is 10.9. The normalized spacial score (nSPS) is 12.2. The SMILES string of the molecule is COc1ccc(NC(C)c2ccc(C)o2)c(N)c1. The molecule has 0 saturated carbocycles. The second-order valence-corrected chi connectivity index (χ2v) is 4.27. The number of benzene rings is 1. The zero-order chi connectivity index (χ0) is 13.1. The van der Waals surface area contributed by atoms with Crippen molar-refractivity contribution in [3.8, 4) is 5.75 Å². The third-order valence-electron chi connectivity index (χ3n) is 2.82. The van der Waals surface area contributed by atoms with Crippen molar-refractivity contribution in [2.75, 3.05) is 18.2 Å². The number of hydrogen-bond acceptors (Lipinski definition) is 4. The van der Waals surface area contributed by atoms with Crippen LogP contribution in [0.2, 0.25) is 0 Å². The molecule has 2 aromatic rings. The highest BCUT2D eigenvalue weighted by atomic mass is 16.5. The van der Waals surface area contributed by atoms with Gasteiger partial charge in [-0.15, -0.1) is 0 Å². The molecule has 0 spiro atoms. The van der Waals surface area contributed by atoms with Crippen LogP contribution in [0.3, 0.4) is 0 Å². The molecule has 0 saturated heterocycles. The van der Waals surface area contributed by atoms with E-state index in [9.17, 15) is 0 Å². The van der Waals surface area contributed by atoms with Crippen LogP contribution in [-0.4, -0.2) is 7.11 Å². The van der Waals surface area contributed by atoms with Gasteiger partial charge in [0, 0.05) is 6.07 Å². The second-order valence-electron chi connectivity index (χ2n) is 4.27. The van der Waals surface area contributed by atoms with E-state index in [4.69, 9.17) is 14.9 Å². The highest BCUT2D eigenvalue weighted by molar-refractivity contribution is 5.68. The summed E-state index contributed by atoms with van der Waals surface area (Å²) in [4.78, 5) is 0. The number of rotatable bonds is 4. The van der Waals surface area contributed by atoms with Gasteiger partial charge in [-0.05, 0) is 38.1 Å². The fraction of sp³-hybridized carbons (Fsp3) is 0.286. The summed E-state index contributed by atoms with van der Waals surface area (Å²) >= 11 is 0. The number of furan rings is 1. The van der Waals surface area contributed by atoms with E-state index in [0.717, 1.165) is 23.0 Å². The van der Waals surface area contributed by atoms with Crippen LogP contribution in [0.15, 0.2) is 34.7 Å². The van der Waals surface area contributed by atoms with Crippen LogP contribution in [0, 0.1) is 6.92 Å². The van der Waals surface area contributed by atoms with E-state index in [0.29, 0.717) is 5.69 Å². The molecule has 0 fully saturated rings. The van der Waals surface area contributed by atoms with E-state index in [-0.39, 0.29) is 6.04 Å². The number of nitrogens with two attached hydrogens (primary N) is 1. The molecule has 1 unspecified atom stereocenters. The summed E-state index contributed by atoms with van der Waals surface area (Å²) in [5.74, 6) is 2.55. The number of methoxy groups -OCH3 is 1. The molecule has 0 aliphatic rings. The maximum Gasteiger partial charge on any atom is 0.126 e. The van der Waals surface area contributed by atoms with Gasteiger partial charge in [-0.25, -0.2) is 0 Å². The summed E-state index contributed by atoms with van der Waals surface area (Å²) in [6, 6.07) is 9.55. The van der Waals surface area contributed by atoms with Crippen molar-refractivity contribution in [1.82, 2.24) is 0 Å². The molecule has 18 heavy (non-hydrogen) atoms. The van der Waals surface area contributed by atoms with Gasteiger partial charge < -0.3 is 20.2 Å². The molecular weight excluding hydrogens is 228 g/mol.